The quantitative estimate of drug-likeness (QED) is 0.936. The number of hydrogen-bond acceptors (Lipinski definition) is 3. The van der Waals surface area contributed by atoms with E-state index in [1.54, 1.807) is 0 Å². The predicted octanol–water partition coefficient (Wildman–Crippen LogP) is 3.69. The largest absolute Gasteiger partial charge is 0.466 e. The van der Waals surface area contributed by atoms with Crippen LogP contribution in [0.25, 0.3) is 0 Å². The maximum absolute atomic E-state index is 5.91. The second-order valence-electron chi connectivity index (χ2n) is 7.10. The van der Waals surface area contributed by atoms with E-state index in [0.29, 0.717) is 6.04 Å². The Morgan fingerprint density at radius 3 is 2.90 bits per heavy atom. The van der Waals surface area contributed by atoms with Crippen LogP contribution in [0.1, 0.15) is 62.1 Å². The zero-order valence-corrected chi connectivity index (χ0v) is 13.6. The lowest BCUT2D eigenvalue weighted by Gasteiger charge is -2.36. The van der Waals surface area contributed by atoms with Crippen molar-refractivity contribution >= 4 is 0 Å². The second kappa shape index (κ2) is 5.02. The Kier molecular flexibility index (Phi) is 3.44. The van der Waals surface area contributed by atoms with Crippen molar-refractivity contribution in [3.63, 3.8) is 0 Å². The molecule has 0 amide bonds. The lowest BCUT2D eigenvalue weighted by Crippen LogP contribution is -2.34. The molecule has 4 nitrogen and oxygen atoms in total. The van der Waals surface area contributed by atoms with Gasteiger partial charge in [0.1, 0.15) is 11.5 Å². The number of nitrogens with zero attached hydrogens (tertiary/aromatic N) is 2. The Morgan fingerprint density at radius 1 is 1.48 bits per heavy atom. The fourth-order valence-corrected chi connectivity index (χ4v) is 3.53. The van der Waals surface area contributed by atoms with Crippen LogP contribution in [0.5, 0.6) is 0 Å². The fourth-order valence-electron chi connectivity index (χ4n) is 3.53. The highest BCUT2D eigenvalue weighted by molar-refractivity contribution is 5.29. The third-order valence-electron chi connectivity index (χ3n) is 4.49. The maximum Gasteiger partial charge on any atom is 0.109 e. The van der Waals surface area contributed by atoms with Gasteiger partial charge < -0.3 is 9.73 Å². The van der Waals surface area contributed by atoms with Gasteiger partial charge in [0.05, 0.1) is 5.69 Å². The van der Waals surface area contributed by atoms with Crippen LogP contribution in [0.3, 0.4) is 0 Å². The first kappa shape index (κ1) is 14.4. The standard InChI is InChI=1S/C17H25N3O/c1-11-8-13-14(9-17(3,4)10-16(13)21-11)19-12(2)15-6-7-18-20(15)5/h6-8,12,14,19H,9-10H2,1-5H3. The number of nitrogens with one attached hydrogen (secondary N) is 1. The molecule has 2 aromatic heterocycles. The van der Waals surface area contributed by atoms with Gasteiger partial charge in [0.25, 0.3) is 0 Å². The Labute approximate surface area is 126 Å². The van der Waals surface area contributed by atoms with Crippen LogP contribution < -0.4 is 5.32 Å². The summed E-state index contributed by atoms with van der Waals surface area (Å²) in [4.78, 5) is 0. The Bertz CT molecular complexity index is 638. The number of aryl methyl sites for hydroxylation is 2. The molecule has 1 N–H and O–H groups in total. The lowest BCUT2D eigenvalue weighted by atomic mass is 9.74. The van der Waals surface area contributed by atoms with Gasteiger partial charge >= 0.3 is 0 Å². The van der Waals surface area contributed by atoms with Crippen molar-refractivity contribution in [1.82, 2.24) is 15.1 Å². The topological polar surface area (TPSA) is 43.0 Å². The molecule has 0 bridgehead atoms. The van der Waals surface area contributed by atoms with Crippen molar-refractivity contribution in [2.24, 2.45) is 12.5 Å². The molecule has 1 aliphatic carbocycles. The van der Waals surface area contributed by atoms with E-state index in [0.717, 1.165) is 24.4 Å². The summed E-state index contributed by atoms with van der Waals surface area (Å²) in [7, 11) is 1.99. The Balaban J connectivity index is 1.86. The van der Waals surface area contributed by atoms with Crippen molar-refractivity contribution < 1.29 is 4.42 Å². The van der Waals surface area contributed by atoms with Gasteiger partial charge in [0.15, 0.2) is 0 Å². The number of aromatic nitrogens is 2. The van der Waals surface area contributed by atoms with Crippen molar-refractivity contribution in [2.45, 2.75) is 52.6 Å². The number of hydrogen-bond donors (Lipinski definition) is 1. The normalized spacial score (nSPS) is 22.0. The summed E-state index contributed by atoms with van der Waals surface area (Å²) in [6.07, 6.45) is 4.00. The zero-order chi connectivity index (χ0) is 15.2. The fraction of sp³-hybridized carbons (Fsp3) is 0.588. The smallest absolute Gasteiger partial charge is 0.109 e. The van der Waals surface area contributed by atoms with Crippen LogP contribution in [0.15, 0.2) is 22.7 Å². The van der Waals surface area contributed by atoms with E-state index in [4.69, 9.17) is 4.42 Å². The van der Waals surface area contributed by atoms with Crippen LogP contribution in [-0.2, 0) is 13.5 Å². The molecular weight excluding hydrogens is 262 g/mol. The molecule has 21 heavy (non-hydrogen) atoms. The molecule has 3 rings (SSSR count). The molecule has 2 heterocycles. The SMILES string of the molecule is Cc1cc2c(o1)CC(C)(C)CC2NC(C)c1ccnn1C. The molecule has 0 radical (unpaired) electrons. The molecule has 0 saturated heterocycles. The minimum absolute atomic E-state index is 0.263. The highest BCUT2D eigenvalue weighted by atomic mass is 16.3. The van der Waals surface area contributed by atoms with Crippen molar-refractivity contribution in [3.8, 4) is 0 Å². The molecule has 0 aliphatic heterocycles. The van der Waals surface area contributed by atoms with Gasteiger partial charge in [-0.25, -0.2) is 0 Å². The highest BCUT2D eigenvalue weighted by Gasteiger charge is 2.35. The van der Waals surface area contributed by atoms with Crippen LogP contribution in [0.2, 0.25) is 0 Å². The van der Waals surface area contributed by atoms with Crippen LogP contribution in [-0.4, -0.2) is 9.78 Å². The van der Waals surface area contributed by atoms with E-state index in [1.165, 1.54) is 11.3 Å². The number of furan rings is 1. The van der Waals surface area contributed by atoms with Crippen molar-refractivity contribution in [1.29, 1.82) is 0 Å². The van der Waals surface area contributed by atoms with Gasteiger partial charge in [0, 0.05) is 37.3 Å². The minimum atomic E-state index is 0.263. The summed E-state index contributed by atoms with van der Waals surface area (Å²) in [5, 5.41) is 8.03. The van der Waals surface area contributed by atoms with Crippen molar-refractivity contribution in [2.75, 3.05) is 0 Å². The van der Waals surface area contributed by atoms with Crippen LogP contribution in [0.4, 0.5) is 0 Å². The minimum Gasteiger partial charge on any atom is -0.466 e. The maximum atomic E-state index is 5.91. The molecule has 1 aliphatic rings. The van der Waals surface area contributed by atoms with E-state index < -0.39 is 0 Å². The van der Waals surface area contributed by atoms with Crippen LogP contribution in [0, 0.1) is 12.3 Å². The summed E-state index contributed by atoms with van der Waals surface area (Å²) in [5.41, 5.74) is 2.81. The first-order chi connectivity index (χ1) is 9.85. The first-order valence-electron chi connectivity index (χ1n) is 7.69. The summed E-state index contributed by atoms with van der Waals surface area (Å²) in [5.74, 6) is 2.16. The van der Waals surface area contributed by atoms with E-state index in [9.17, 15) is 0 Å². The molecule has 0 saturated carbocycles. The highest BCUT2D eigenvalue weighted by Crippen LogP contribution is 2.42. The van der Waals surface area contributed by atoms with E-state index in [-0.39, 0.29) is 11.5 Å². The molecular formula is C17H25N3O. The Morgan fingerprint density at radius 2 is 2.24 bits per heavy atom. The molecule has 114 valence electrons. The number of fused-ring (bicyclic) bond motifs is 1. The number of rotatable bonds is 3. The zero-order valence-electron chi connectivity index (χ0n) is 13.6. The van der Waals surface area contributed by atoms with E-state index in [1.807, 2.05) is 24.9 Å². The monoisotopic (exact) mass is 287 g/mol. The molecule has 0 fully saturated rings. The van der Waals surface area contributed by atoms with Crippen LogP contribution >= 0.6 is 0 Å². The molecule has 2 unspecified atom stereocenters. The molecule has 2 atom stereocenters. The summed E-state index contributed by atoms with van der Waals surface area (Å²) in [6, 6.07) is 4.87. The van der Waals surface area contributed by atoms with E-state index >= 15 is 0 Å². The first-order valence-corrected chi connectivity index (χ1v) is 7.69. The van der Waals surface area contributed by atoms with Gasteiger partial charge in [-0.2, -0.15) is 5.10 Å². The summed E-state index contributed by atoms with van der Waals surface area (Å²) < 4.78 is 7.85. The van der Waals surface area contributed by atoms with Gasteiger partial charge in [-0.1, -0.05) is 13.8 Å². The molecule has 2 aromatic rings. The summed E-state index contributed by atoms with van der Waals surface area (Å²) in [6.45, 7) is 8.87. The summed E-state index contributed by atoms with van der Waals surface area (Å²) >= 11 is 0. The second-order valence-corrected chi connectivity index (χ2v) is 7.10. The molecule has 4 heteroatoms. The van der Waals surface area contributed by atoms with Gasteiger partial charge in [-0.15, -0.1) is 0 Å². The Hall–Kier alpha value is -1.55. The third-order valence-corrected chi connectivity index (χ3v) is 4.49. The van der Waals surface area contributed by atoms with E-state index in [2.05, 4.69) is 43.3 Å². The average Bonchev–Trinajstić information content (AvgIpc) is 2.93. The van der Waals surface area contributed by atoms with Crippen molar-refractivity contribution in [3.05, 3.63) is 41.1 Å². The van der Waals surface area contributed by atoms with Gasteiger partial charge in [-0.3, -0.25) is 4.68 Å². The third kappa shape index (κ3) is 2.77. The lowest BCUT2D eigenvalue weighted by molar-refractivity contribution is 0.225. The average molecular weight is 287 g/mol. The molecule has 0 aromatic carbocycles. The predicted molar refractivity (Wildman–Crippen MR) is 83.0 cm³/mol. The van der Waals surface area contributed by atoms with Gasteiger partial charge in [0.2, 0.25) is 0 Å². The van der Waals surface area contributed by atoms with Gasteiger partial charge in [-0.05, 0) is 37.8 Å². The molecule has 0 spiro atoms.